The number of hydrogen-bond donors (Lipinski definition) is 0. The Bertz CT molecular complexity index is 1070. The average Bonchev–Trinajstić information content (AvgIpc) is 2.96. The Balaban J connectivity index is 2.07. The van der Waals surface area contributed by atoms with E-state index < -0.39 is 33.4 Å². The number of rotatable bonds is 6. The molecule has 0 saturated carbocycles. The number of halogens is 2. The monoisotopic (exact) mass is 560 g/mol. The summed E-state index contributed by atoms with van der Waals surface area (Å²) in [5, 5.41) is 0.409. The molecule has 0 bridgehead atoms. The molecule has 1 fully saturated rings. The van der Waals surface area contributed by atoms with Crippen LogP contribution in [-0.2, 0) is 19.6 Å². The summed E-state index contributed by atoms with van der Waals surface area (Å²) >= 11 is 8.05. The van der Waals surface area contributed by atoms with Gasteiger partial charge in [-0.15, -0.1) is 0 Å². The predicted molar refractivity (Wildman–Crippen MR) is 125 cm³/mol. The van der Waals surface area contributed by atoms with Gasteiger partial charge in [0.25, 0.3) is 5.91 Å². The van der Waals surface area contributed by atoms with Crippen molar-refractivity contribution in [1.29, 1.82) is 0 Å². The van der Waals surface area contributed by atoms with E-state index in [1.54, 1.807) is 38.1 Å². The van der Waals surface area contributed by atoms with Crippen LogP contribution in [0.5, 0.6) is 0 Å². The van der Waals surface area contributed by atoms with Gasteiger partial charge in [-0.25, -0.2) is 13.3 Å². The fourth-order valence-corrected chi connectivity index (χ4v) is 5.92. The Morgan fingerprint density at radius 2 is 1.67 bits per heavy atom. The molecule has 6 nitrogen and oxygen atoms in total. The van der Waals surface area contributed by atoms with Gasteiger partial charge in [0, 0.05) is 14.1 Å². The normalized spacial score (nSPS) is 17.8. The van der Waals surface area contributed by atoms with Crippen LogP contribution < -0.4 is 4.90 Å². The fourth-order valence-electron chi connectivity index (χ4n) is 3.45. The Labute approximate surface area is 195 Å². The summed E-state index contributed by atoms with van der Waals surface area (Å²) in [6.07, 6.45) is 0.252. The number of benzene rings is 2. The van der Waals surface area contributed by atoms with E-state index in [1.165, 1.54) is 28.6 Å². The first-order valence-electron chi connectivity index (χ1n) is 9.41. The van der Waals surface area contributed by atoms with Crippen LogP contribution in [0, 0.1) is 3.57 Å². The molecule has 0 spiro atoms. The minimum Gasteiger partial charge on any atom is -0.274 e. The molecular formula is C21H22ClIN2O4S. The van der Waals surface area contributed by atoms with Gasteiger partial charge in [-0.1, -0.05) is 18.5 Å². The zero-order valence-electron chi connectivity index (χ0n) is 16.8. The van der Waals surface area contributed by atoms with Gasteiger partial charge in [-0.2, -0.15) is 4.31 Å². The molecule has 2 aromatic carbocycles. The van der Waals surface area contributed by atoms with E-state index in [1.807, 2.05) is 6.92 Å². The Hall–Kier alpha value is -1.49. The summed E-state index contributed by atoms with van der Waals surface area (Å²) in [6.45, 7) is 5.36. The molecule has 0 radical (unpaired) electrons. The molecule has 3 rings (SSSR count). The highest BCUT2D eigenvalue weighted by Crippen LogP contribution is 2.36. The van der Waals surface area contributed by atoms with Gasteiger partial charge in [-0.3, -0.25) is 9.59 Å². The molecule has 30 heavy (non-hydrogen) atoms. The predicted octanol–water partition coefficient (Wildman–Crippen LogP) is 4.46. The molecule has 0 N–H and O–H groups in total. The maximum absolute atomic E-state index is 13.6. The molecule has 1 aliphatic rings. The van der Waals surface area contributed by atoms with Crippen molar-refractivity contribution in [2.24, 2.45) is 0 Å². The van der Waals surface area contributed by atoms with Gasteiger partial charge in [0.15, 0.2) is 0 Å². The van der Waals surface area contributed by atoms with E-state index in [0.29, 0.717) is 17.1 Å². The zero-order valence-corrected chi connectivity index (χ0v) is 20.5. The lowest BCUT2D eigenvalue weighted by atomic mass is 10.00. The third-order valence-corrected chi connectivity index (χ3v) is 8.43. The molecule has 1 heterocycles. The molecule has 0 aliphatic carbocycles. The number of carbonyl (C=O) groups excluding carboxylic acids is 2. The molecule has 1 saturated heterocycles. The first-order chi connectivity index (χ1) is 14.0. The second-order valence-corrected chi connectivity index (χ2v) is 11.2. The highest BCUT2D eigenvalue weighted by Gasteiger charge is 2.51. The summed E-state index contributed by atoms with van der Waals surface area (Å²) in [7, 11) is -4.07. The molecule has 0 aromatic heterocycles. The summed E-state index contributed by atoms with van der Waals surface area (Å²) in [5.41, 5.74) is -0.452. The fraction of sp³-hybridized carbons (Fsp3) is 0.333. The van der Waals surface area contributed by atoms with Crippen LogP contribution in [0.2, 0.25) is 5.02 Å². The Kier molecular flexibility index (Phi) is 6.62. The lowest BCUT2D eigenvalue weighted by molar-refractivity contribution is -0.122. The highest BCUT2D eigenvalue weighted by molar-refractivity contribution is 14.1. The first kappa shape index (κ1) is 23.2. The van der Waals surface area contributed by atoms with Crippen LogP contribution in [0.25, 0.3) is 0 Å². The molecule has 2 aromatic rings. The third-order valence-electron chi connectivity index (χ3n) is 5.32. The molecule has 2 amide bonds. The number of hydrogen-bond acceptors (Lipinski definition) is 4. The smallest absolute Gasteiger partial charge is 0.252 e. The quantitative estimate of drug-likeness (QED) is 0.386. The molecule has 160 valence electrons. The van der Waals surface area contributed by atoms with E-state index >= 15 is 0 Å². The SMILES string of the molecule is CCC(C)(C)N(C1CC(=O)N(c2ccc(I)cc2)C1=O)S(=O)(=O)c1ccc(Cl)cc1. The molecule has 9 heteroatoms. The summed E-state index contributed by atoms with van der Waals surface area (Å²) in [4.78, 5) is 27.2. The first-order valence-corrected chi connectivity index (χ1v) is 12.3. The lowest BCUT2D eigenvalue weighted by Crippen LogP contribution is -2.55. The second kappa shape index (κ2) is 8.57. The Morgan fingerprint density at radius 3 is 2.20 bits per heavy atom. The third kappa shape index (κ3) is 4.28. The van der Waals surface area contributed by atoms with Gasteiger partial charge < -0.3 is 0 Å². The summed E-state index contributed by atoms with van der Waals surface area (Å²) in [5.74, 6) is -0.963. The molecule has 1 unspecified atom stereocenters. The largest absolute Gasteiger partial charge is 0.274 e. The standard InChI is InChI=1S/C21H22ClIN2O4S/c1-4-21(2,3)25(30(28,29)17-11-5-14(22)6-12-17)18-13-19(26)24(20(18)27)16-9-7-15(23)8-10-16/h5-12,18H,4,13H2,1-3H3. The zero-order chi connectivity index (χ0) is 22.3. The van der Waals surface area contributed by atoms with Gasteiger partial charge in [0.1, 0.15) is 6.04 Å². The van der Waals surface area contributed by atoms with E-state index in [4.69, 9.17) is 11.6 Å². The second-order valence-electron chi connectivity index (χ2n) is 7.68. The lowest BCUT2D eigenvalue weighted by Gasteiger charge is -2.39. The number of anilines is 1. The summed E-state index contributed by atoms with van der Waals surface area (Å²) < 4.78 is 29.3. The van der Waals surface area contributed by atoms with Gasteiger partial charge in [0.2, 0.25) is 15.9 Å². The molecular weight excluding hydrogens is 539 g/mol. The number of imide groups is 1. The van der Waals surface area contributed by atoms with Crippen molar-refractivity contribution in [3.63, 3.8) is 0 Å². The minimum atomic E-state index is -4.07. The average molecular weight is 561 g/mol. The van der Waals surface area contributed by atoms with Crippen molar-refractivity contribution in [1.82, 2.24) is 4.31 Å². The van der Waals surface area contributed by atoms with Gasteiger partial charge in [-0.05, 0) is 91.4 Å². The maximum Gasteiger partial charge on any atom is 0.252 e. The van der Waals surface area contributed by atoms with Crippen LogP contribution in [-0.4, -0.2) is 36.1 Å². The van der Waals surface area contributed by atoms with Crippen LogP contribution in [0.3, 0.4) is 0 Å². The number of sulfonamides is 1. The van der Waals surface area contributed by atoms with E-state index in [0.717, 1.165) is 8.47 Å². The van der Waals surface area contributed by atoms with Crippen molar-refractivity contribution in [2.75, 3.05) is 4.90 Å². The van der Waals surface area contributed by atoms with Crippen LogP contribution in [0.1, 0.15) is 33.6 Å². The van der Waals surface area contributed by atoms with Crippen LogP contribution in [0.15, 0.2) is 53.4 Å². The molecule has 1 atom stereocenters. The van der Waals surface area contributed by atoms with Gasteiger partial charge >= 0.3 is 0 Å². The van der Waals surface area contributed by atoms with E-state index in [9.17, 15) is 18.0 Å². The van der Waals surface area contributed by atoms with Crippen LogP contribution in [0.4, 0.5) is 5.69 Å². The van der Waals surface area contributed by atoms with Crippen LogP contribution >= 0.6 is 34.2 Å². The van der Waals surface area contributed by atoms with Crippen molar-refractivity contribution in [3.05, 3.63) is 57.1 Å². The van der Waals surface area contributed by atoms with Gasteiger partial charge in [0.05, 0.1) is 17.0 Å². The summed E-state index contributed by atoms with van der Waals surface area (Å²) in [6, 6.07) is 11.6. The number of carbonyl (C=O) groups is 2. The van der Waals surface area contributed by atoms with Crippen molar-refractivity contribution < 1.29 is 18.0 Å². The molecule has 1 aliphatic heterocycles. The topological polar surface area (TPSA) is 74.8 Å². The minimum absolute atomic E-state index is 0.0291. The van der Waals surface area contributed by atoms with Crippen molar-refractivity contribution >= 4 is 61.7 Å². The number of nitrogens with zero attached hydrogens (tertiary/aromatic N) is 2. The highest BCUT2D eigenvalue weighted by atomic mass is 127. The Morgan fingerprint density at radius 1 is 1.10 bits per heavy atom. The van der Waals surface area contributed by atoms with Crippen molar-refractivity contribution in [3.8, 4) is 0 Å². The van der Waals surface area contributed by atoms with Crippen molar-refractivity contribution in [2.45, 2.75) is 50.1 Å². The maximum atomic E-state index is 13.6. The van der Waals surface area contributed by atoms with E-state index in [2.05, 4.69) is 22.6 Å². The number of amides is 2. The van der Waals surface area contributed by atoms with E-state index in [-0.39, 0.29) is 11.3 Å².